The summed E-state index contributed by atoms with van der Waals surface area (Å²) in [5.74, 6) is 0.616. The highest BCUT2D eigenvalue weighted by molar-refractivity contribution is 6.00. The van der Waals surface area contributed by atoms with Crippen LogP contribution in [0.3, 0.4) is 0 Å². The van der Waals surface area contributed by atoms with Crippen molar-refractivity contribution in [3.8, 4) is 5.75 Å². The van der Waals surface area contributed by atoms with Crippen LogP contribution in [-0.2, 0) is 7.05 Å². The maximum Gasteiger partial charge on any atom is 0.184 e. The lowest BCUT2D eigenvalue weighted by Crippen LogP contribution is -2.21. The summed E-state index contributed by atoms with van der Waals surface area (Å²) in [6.07, 6.45) is 3.36. The van der Waals surface area contributed by atoms with Crippen molar-refractivity contribution in [2.24, 2.45) is 12.8 Å². The minimum atomic E-state index is -0.688. The fourth-order valence-electron chi connectivity index (χ4n) is 1.81. The predicted octanol–water partition coefficient (Wildman–Crippen LogP) is 1.70. The monoisotopic (exact) mass is 259 g/mol. The number of aryl methyl sites for hydroxylation is 1. The van der Waals surface area contributed by atoms with E-state index in [1.54, 1.807) is 48.4 Å². The molecule has 1 unspecified atom stereocenters. The summed E-state index contributed by atoms with van der Waals surface area (Å²) < 4.78 is 6.96. The van der Waals surface area contributed by atoms with Crippen molar-refractivity contribution in [3.05, 3.63) is 47.8 Å². The molecule has 0 amide bonds. The number of ketones is 1. The van der Waals surface area contributed by atoms with Crippen molar-refractivity contribution >= 4 is 5.78 Å². The van der Waals surface area contributed by atoms with Crippen LogP contribution in [-0.4, -0.2) is 22.2 Å². The second kappa shape index (κ2) is 5.67. The van der Waals surface area contributed by atoms with Gasteiger partial charge in [0.1, 0.15) is 5.75 Å². The van der Waals surface area contributed by atoms with Crippen molar-refractivity contribution in [2.75, 3.05) is 6.61 Å². The van der Waals surface area contributed by atoms with Gasteiger partial charge in [-0.1, -0.05) is 0 Å². The Hall–Kier alpha value is -2.14. The molecule has 5 heteroatoms. The molecule has 1 atom stereocenters. The standard InChI is InChI=1S/C14H17N3O2/c1-3-19-12-6-4-10(5-7-12)14(18)13(15)11-8-16-17(2)9-11/h4-9,13H,3,15H2,1-2H3. The molecule has 0 aliphatic heterocycles. The van der Waals surface area contributed by atoms with Crippen molar-refractivity contribution in [2.45, 2.75) is 13.0 Å². The smallest absolute Gasteiger partial charge is 0.184 e. The van der Waals surface area contributed by atoms with Crippen molar-refractivity contribution < 1.29 is 9.53 Å². The van der Waals surface area contributed by atoms with Gasteiger partial charge >= 0.3 is 0 Å². The molecule has 2 aromatic rings. The summed E-state index contributed by atoms with van der Waals surface area (Å²) in [4.78, 5) is 12.2. The fraction of sp³-hybridized carbons (Fsp3) is 0.286. The van der Waals surface area contributed by atoms with Gasteiger partial charge in [-0.15, -0.1) is 0 Å². The normalized spacial score (nSPS) is 12.2. The first-order valence-corrected chi connectivity index (χ1v) is 6.13. The third kappa shape index (κ3) is 3.00. The number of nitrogens with two attached hydrogens (primary N) is 1. The Morgan fingerprint density at radius 1 is 1.42 bits per heavy atom. The predicted molar refractivity (Wildman–Crippen MR) is 72.1 cm³/mol. The van der Waals surface area contributed by atoms with Crippen LogP contribution in [0.4, 0.5) is 0 Å². The van der Waals surface area contributed by atoms with Crippen molar-refractivity contribution in [3.63, 3.8) is 0 Å². The maximum absolute atomic E-state index is 12.2. The van der Waals surface area contributed by atoms with Gasteiger partial charge in [-0.2, -0.15) is 5.10 Å². The average Bonchev–Trinajstić information content (AvgIpc) is 2.85. The third-order valence-corrected chi connectivity index (χ3v) is 2.82. The Morgan fingerprint density at radius 2 is 2.11 bits per heavy atom. The summed E-state index contributed by atoms with van der Waals surface area (Å²) in [6, 6.07) is 6.30. The van der Waals surface area contributed by atoms with E-state index in [1.807, 2.05) is 6.92 Å². The van der Waals surface area contributed by atoms with Gasteiger partial charge < -0.3 is 10.5 Å². The number of hydrogen-bond acceptors (Lipinski definition) is 4. The van der Waals surface area contributed by atoms with E-state index in [0.717, 1.165) is 5.75 Å². The van der Waals surface area contributed by atoms with Crippen LogP contribution in [0.15, 0.2) is 36.7 Å². The molecule has 0 fully saturated rings. The highest BCUT2D eigenvalue weighted by Gasteiger charge is 2.18. The van der Waals surface area contributed by atoms with Gasteiger partial charge in [0.25, 0.3) is 0 Å². The molecular formula is C14H17N3O2. The van der Waals surface area contributed by atoms with Crippen LogP contribution >= 0.6 is 0 Å². The first kappa shape index (κ1) is 13.3. The van der Waals surface area contributed by atoms with E-state index < -0.39 is 6.04 Å². The summed E-state index contributed by atoms with van der Waals surface area (Å²) in [5.41, 5.74) is 7.23. The van der Waals surface area contributed by atoms with Crippen molar-refractivity contribution in [1.82, 2.24) is 9.78 Å². The van der Waals surface area contributed by atoms with Crippen LogP contribution in [0.25, 0.3) is 0 Å². The van der Waals surface area contributed by atoms with Crippen LogP contribution in [0, 0.1) is 0 Å². The summed E-state index contributed by atoms with van der Waals surface area (Å²) in [6.45, 7) is 2.51. The molecule has 0 spiro atoms. The van der Waals surface area contributed by atoms with Crippen LogP contribution in [0.2, 0.25) is 0 Å². The molecule has 0 aliphatic rings. The van der Waals surface area contributed by atoms with E-state index in [2.05, 4.69) is 5.10 Å². The molecule has 0 bridgehead atoms. The van der Waals surface area contributed by atoms with Crippen LogP contribution < -0.4 is 10.5 Å². The van der Waals surface area contributed by atoms with Gasteiger partial charge in [-0.25, -0.2) is 0 Å². The molecule has 19 heavy (non-hydrogen) atoms. The molecule has 0 saturated carbocycles. The topological polar surface area (TPSA) is 70.1 Å². The minimum absolute atomic E-state index is 0.129. The van der Waals surface area contributed by atoms with E-state index >= 15 is 0 Å². The number of rotatable bonds is 5. The quantitative estimate of drug-likeness (QED) is 0.830. The SMILES string of the molecule is CCOc1ccc(C(=O)C(N)c2cnn(C)c2)cc1. The van der Waals surface area contributed by atoms with E-state index in [-0.39, 0.29) is 5.78 Å². The summed E-state index contributed by atoms with van der Waals surface area (Å²) in [5, 5.41) is 4.02. The zero-order chi connectivity index (χ0) is 13.8. The molecule has 1 heterocycles. The molecular weight excluding hydrogens is 242 g/mol. The van der Waals surface area contributed by atoms with Gasteiger partial charge in [0.2, 0.25) is 0 Å². The lowest BCUT2D eigenvalue weighted by Gasteiger charge is -2.09. The molecule has 0 saturated heterocycles. The summed E-state index contributed by atoms with van der Waals surface area (Å²) >= 11 is 0. The molecule has 1 aromatic heterocycles. The molecule has 2 N–H and O–H groups in total. The highest BCUT2D eigenvalue weighted by Crippen LogP contribution is 2.18. The van der Waals surface area contributed by atoms with Gasteiger partial charge in [-0.05, 0) is 31.2 Å². The zero-order valence-electron chi connectivity index (χ0n) is 11.0. The lowest BCUT2D eigenvalue weighted by atomic mass is 10.0. The largest absolute Gasteiger partial charge is 0.494 e. The number of ether oxygens (including phenoxy) is 1. The van der Waals surface area contributed by atoms with E-state index in [1.165, 1.54) is 0 Å². The van der Waals surface area contributed by atoms with Gasteiger partial charge in [0.05, 0.1) is 18.8 Å². The third-order valence-electron chi connectivity index (χ3n) is 2.82. The Balaban J connectivity index is 2.14. The first-order chi connectivity index (χ1) is 9.11. The van der Waals surface area contributed by atoms with Gasteiger partial charge in [0.15, 0.2) is 5.78 Å². The maximum atomic E-state index is 12.2. The van der Waals surface area contributed by atoms with Crippen molar-refractivity contribution in [1.29, 1.82) is 0 Å². The van der Waals surface area contributed by atoms with Crippen LogP contribution in [0.1, 0.15) is 28.9 Å². The van der Waals surface area contributed by atoms with E-state index in [0.29, 0.717) is 17.7 Å². The Labute approximate surface area is 112 Å². The Bertz CT molecular complexity index is 560. The average molecular weight is 259 g/mol. The first-order valence-electron chi connectivity index (χ1n) is 6.13. The Morgan fingerprint density at radius 3 is 2.63 bits per heavy atom. The minimum Gasteiger partial charge on any atom is -0.494 e. The number of carbonyl (C=O) groups is 1. The van der Waals surface area contributed by atoms with E-state index in [9.17, 15) is 4.79 Å². The number of aromatic nitrogens is 2. The van der Waals surface area contributed by atoms with Gasteiger partial charge in [-0.3, -0.25) is 9.48 Å². The molecule has 1 aromatic carbocycles. The number of carbonyl (C=O) groups excluding carboxylic acids is 1. The number of hydrogen-bond donors (Lipinski definition) is 1. The number of nitrogens with zero attached hydrogens (tertiary/aromatic N) is 2. The second-order valence-corrected chi connectivity index (χ2v) is 4.25. The number of Topliss-reactive ketones (excluding diaryl/α,β-unsaturated/α-hetero) is 1. The fourth-order valence-corrected chi connectivity index (χ4v) is 1.81. The zero-order valence-corrected chi connectivity index (χ0v) is 11.0. The molecule has 100 valence electrons. The highest BCUT2D eigenvalue weighted by atomic mass is 16.5. The molecule has 2 rings (SSSR count). The van der Waals surface area contributed by atoms with Gasteiger partial charge in [0, 0.05) is 24.4 Å². The second-order valence-electron chi connectivity index (χ2n) is 4.25. The molecule has 0 aliphatic carbocycles. The molecule has 0 radical (unpaired) electrons. The lowest BCUT2D eigenvalue weighted by molar-refractivity contribution is 0.0961. The number of benzene rings is 1. The molecule has 5 nitrogen and oxygen atoms in total. The summed E-state index contributed by atoms with van der Waals surface area (Å²) in [7, 11) is 1.79. The Kier molecular flexibility index (Phi) is 3.97. The van der Waals surface area contributed by atoms with Crippen LogP contribution in [0.5, 0.6) is 5.75 Å². The van der Waals surface area contributed by atoms with E-state index in [4.69, 9.17) is 10.5 Å².